The monoisotopic (exact) mass is 263 g/mol. The van der Waals surface area contributed by atoms with Crippen LogP contribution in [-0.4, -0.2) is 21.4 Å². The van der Waals surface area contributed by atoms with Gasteiger partial charge >= 0.3 is 0 Å². The van der Waals surface area contributed by atoms with Crippen molar-refractivity contribution >= 4 is 45.9 Å². The molecular weight excluding hydrogens is 254 g/mol. The first kappa shape index (κ1) is 11.7. The third-order valence-electron chi connectivity index (χ3n) is 2.09. The summed E-state index contributed by atoms with van der Waals surface area (Å²) in [5.41, 5.74) is 2.59. The molecule has 86 valence electrons. The number of imidazole rings is 1. The van der Waals surface area contributed by atoms with Gasteiger partial charge in [-0.15, -0.1) is 0 Å². The molecule has 0 radical (unpaired) electrons. The van der Waals surface area contributed by atoms with Gasteiger partial charge in [-0.05, 0) is 36.7 Å². The van der Waals surface area contributed by atoms with Crippen molar-refractivity contribution < 1.29 is 0 Å². The van der Waals surface area contributed by atoms with Gasteiger partial charge < -0.3 is 9.97 Å². The zero-order valence-electron chi connectivity index (χ0n) is 8.94. The highest BCUT2D eigenvalue weighted by molar-refractivity contribution is 8.13. The summed E-state index contributed by atoms with van der Waals surface area (Å²) in [6.07, 6.45) is 3.70. The summed E-state index contributed by atoms with van der Waals surface area (Å²) in [5, 5.41) is 11.6. The van der Waals surface area contributed by atoms with E-state index in [9.17, 15) is 0 Å². The topological polar surface area (TPSA) is 79.8 Å². The van der Waals surface area contributed by atoms with Gasteiger partial charge in [0.05, 0.1) is 16.7 Å². The molecule has 0 saturated carbocycles. The number of aliphatic imine (C=N–C) groups is 1. The number of hydrogen-bond donors (Lipinski definition) is 3. The van der Waals surface area contributed by atoms with Gasteiger partial charge in [-0.25, -0.2) is 4.99 Å². The standard InChI is InChI=1S/C10H9N5S2/c1-17-10(12-5-11)13-6-2-3-7-8(4-6)15-9(16)14-7/h2-4H,1H3,(H,12,13)(H2,14,15,16). The quantitative estimate of drug-likeness (QED) is 0.243. The van der Waals surface area contributed by atoms with E-state index in [1.807, 2.05) is 30.6 Å². The van der Waals surface area contributed by atoms with E-state index in [2.05, 4.69) is 20.3 Å². The van der Waals surface area contributed by atoms with Crippen molar-refractivity contribution in [2.45, 2.75) is 0 Å². The second-order valence-electron chi connectivity index (χ2n) is 3.17. The molecule has 0 spiro atoms. The predicted molar refractivity (Wildman–Crippen MR) is 72.8 cm³/mol. The molecule has 0 unspecified atom stereocenters. The van der Waals surface area contributed by atoms with Crippen molar-refractivity contribution in [3.05, 3.63) is 23.0 Å². The van der Waals surface area contributed by atoms with Gasteiger partial charge in [-0.2, -0.15) is 5.26 Å². The average Bonchev–Trinajstić information content (AvgIpc) is 2.68. The number of nitriles is 1. The number of nitrogens with one attached hydrogen (secondary N) is 3. The predicted octanol–water partition coefficient (Wildman–Crippen LogP) is 2.65. The van der Waals surface area contributed by atoms with Crippen molar-refractivity contribution in [1.29, 1.82) is 5.26 Å². The number of benzene rings is 1. The Kier molecular flexibility index (Phi) is 3.46. The summed E-state index contributed by atoms with van der Waals surface area (Å²) in [6, 6.07) is 5.62. The number of thioether (sulfide) groups is 1. The third kappa shape index (κ3) is 2.67. The van der Waals surface area contributed by atoms with Crippen molar-refractivity contribution in [2.24, 2.45) is 4.99 Å². The molecule has 0 aliphatic rings. The van der Waals surface area contributed by atoms with Crippen molar-refractivity contribution in [3.8, 4) is 6.19 Å². The maximum absolute atomic E-state index is 8.54. The number of aromatic nitrogens is 2. The first-order valence-electron chi connectivity index (χ1n) is 4.73. The minimum Gasteiger partial charge on any atom is -0.331 e. The minimum atomic E-state index is 0.556. The highest BCUT2D eigenvalue weighted by Crippen LogP contribution is 2.19. The van der Waals surface area contributed by atoms with Crippen LogP contribution in [0.5, 0.6) is 0 Å². The number of H-pyrrole nitrogens is 2. The van der Waals surface area contributed by atoms with Crippen LogP contribution in [0, 0.1) is 16.2 Å². The van der Waals surface area contributed by atoms with Crippen molar-refractivity contribution in [2.75, 3.05) is 6.26 Å². The van der Waals surface area contributed by atoms with E-state index >= 15 is 0 Å². The van der Waals surface area contributed by atoms with Crippen molar-refractivity contribution in [3.63, 3.8) is 0 Å². The summed E-state index contributed by atoms with van der Waals surface area (Å²) in [6.45, 7) is 0. The molecule has 2 aromatic rings. The third-order valence-corrected chi connectivity index (χ3v) is 2.87. The lowest BCUT2D eigenvalue weighted by atomic mass is 10.3. The van der Waals surface area contributed by atoms with Gasteiger partial charge in [0.1, 0.15) is 0 Å². The minimum absolute atomic E-state index is 0.556. The summed E-state index contributed by atoms with van der Waals surface area (Å²) < 4.78 is 0.585. The van der Waals surface area contributed by atoms with Gasteiger partial charge in [0.15, 0.2) is 16.1 Å². The molecule has 7 heteroatoms. The first-order chi connectivity index (χ1) is 8.22. The van der Waals surface area contributed by atoms with E-state index in [-0.39, 0.29) is 0 Å². The molecule has 0 atom stereocenters. The first-order valence-corrected chi connectivity index (χ1v) is 6.36. The Bertz CT molecular complexity index is 661. The molecule has 1 aromatic carbocycles. The van der Waals surface area contributed by atoms with Crippen molar-refractivity contribution in [1.82, 2.24) is 15.3 Å². The van der Waals surface area contributed by atoms with Crippen LogP contribution in [0.1, 0.15) is 0 Å². The Hall–Kier alpha value is -1.78. The fourth-order valence-electron chi connectivity index (χ4n) is 1.38. The molecule has 0 aliphatic heterocycles. The van der Waals surface area contributed by atoms with E-state index in [4.69, 9.17) is 17.5 Å². The Morgan fingerprint density at radius 3 is 2.94 bits per heavy atom. The Morgan fingerprint density at radius 1 is 1.47 bits per heavy atom. The molecular formula is C10H9N5S2. The van der Waals surface area contributed by atoms with E-state index < -0.39 is 0 Å². The number of aromatic amines is 2. The van der Waals surface area contributed by atoms with Crippen LogP contribution >= 0.6 is 24.0 Å². The van der Waals surface area contributed by atoms with E-state index in [0.29, 0.717) is 9.94 Å². The second-order valence-corrected chi connectivity index (χ2v) is 4.37. The zero-order chi connectivity index (χ0) is 12.3. The van der Waals surface area contributed by atoms with Crippen LogP contribution in [0.4, 0.5) is 5.69 Å². The molecule has 1 aromatic heterocycles. The molecule has 0 fully saturated rings. The highest BCUT2D eigenvalue weighted by Gasteiger charge is 2.00. The second kappa shape index (κ2) is 5.03. The van der Waals surface area contributed by atoms with Gasteiger partial charge in [-0.3, -0.25) is 5.32 Å². The molecule has 2 rings (SSSR count). The summed E-state index contributed by atoms with van der Waals surface area (Å²) in [5.74, 6) is 0. The molecule has 0 saturated heterocycles. The lowest BCUT2D eigenvalue weighted by Gasteiger charge is -1.99. The van der Waals surface area contributed by atoms with E-state index in [1.165, 1.54) is 11.8 Å². The SMILES string of the molecule is CSC(=Nc1ccc2[nH]c(=S)[nH]c2c1)NC#N. The van der Waals surface area contributed by atoms with Crippen LogP contribution in [0.2, 0.25) is 0 Å². The van der Waals surface area contributed by atoms with Crippen LogP contribution in [0.25, 0.3) is 11.0 Å². The largest absolute Gasteiger partial charge is 0.331 e. The Labute approximate surface area is 107 Å². The maximum Gasteiger partial charge on any atom is 0.183 e. The van der Waals surface area contributed by atoms with Gasteiger partial charge in [0, 0.05) is 0 Å². The van der Waals surface area contributed by atoms with E-state index in [0.717, 1.165) is 16.7 Å². The fourth-order valence-corrected chi connectivity index (χ4v) is 1.94. The number of fused-ring (bicyclic) bond motifs is 1. The molecule has 0 amide bonds. The Balaban J connectivity index is 2.42. The van der Waals surface area contributed by atoms with Crippen LogP contribution in [0.15, 0.2) is 23.2 Å². The average molecular weight is 263 g/mol. The van der Waals surface area contributed by atoms with Crippen LogP contribution in [-0.2, 0) is 0 Å². The van der Waals surface area contributed by atoms with Gasteiger partial charge in [0.25, 0.3) is 0 Å². The van der Waals surface area contributed by atoms with Gasteiger partial charge in [0.2, 0.25) is 0 Å². The maximum atomic E-state index is 8.54. The summed E-state index contributed by atoms with van der Waals surface area (Å²) in [4.78, 5) is 10.3. The molecule has 3 N–H and O–H groups in total. The summed E-state index contributed by atoms with van der Waals surface area (Å²) in [7, 11) is 0. The van der Waals surface area contributed by atoms with Gasteiger partial charge in [-0.1, -0.05) is 11.8 Å². The van der Waals surface area contributed by atoms with E-state index in [1.54, 1.807) is 0 Å². The molecule has 0 bridgehead atoms. The van der Waals surface area contributed by atoms with Crippen LogP contribution < -0.4 is 5.32 Å². The molecule has 1 heterocycles. The number of rotatable bonds is 1. The highest BCUT2D eigenvalue weighted by atomic mass is 32.2. The van der Waals surface area contributed by atoms with Crippen LogP contribution in [0.3, 0.4) is 0 Å². The normalized spacial score (nSPS) is 11.4. The number of hydrogen-bond acceptors (Lipinski definition) is 4. The number of nitrogens with zero attached hydrogens (tertiary/aromatic N) is 2. The molecule has 0 aliphatic carbocycles. The smallest absolute Gasteiger partial charge is 0.183 e. The molecule has 17 heavy (non-hydrogen) atoms. The molecule has 5 nitrogen and oxygen atoms in total. The lowest BCUT2D eigenvalue weighted by Crippen LogP contribution is -2.12. The summed E-state index contributed by atoms with van der Waals surface area (Å²) >= 11 is 6.38. The number of amidine groups is 1. The Morgan fingerprint density at radius 2 is 2.24 bits per heavy atom. The lowest BCUT2D eigenvalue weighted by molar-refractivity contribution is 1.28. The zero-order valence-corrected chi connectivity index (χ0v) is 10.6. The fraction of sp³-hybridized carbons (Fsp3) is 0.100.